The van der Waals surface area contributed by atoms with Gasteiger partial charge in [0.05, 0.1) is 7.11 Å². The molecule has 3 heteroatoms. The fourth-order valence-corrected chi connectivity index (χ4v) is 1.80. The fourth-order valence-electron chi connectivity index (χ4n) is 1.80. The molecule has 0 fully saturated rings. The molecule has 0 spiro atoms. The van der Waals surface area contributed by atoms with Crippen LogP contribution in [0.4, 0.5) is 0 Å². The summed E-state index contributed by atoms with van der Waals surface area (Å²) in [6, 6.07) is 12.0. The largest absolute Gasteiger partial charge is 0.496 e. The van der Waals surface area contributed by atoms with Crippen LogP contribution in [0.15, 0.2) is 42.6 Å². The van der Waals surface area contributed by atoms with Gasteiger partial charge in [0.2, 0.25) is 6.41 Å². The minimum atomic E-state index is 0.633. The first-order valence-electron chi connectivity index (χ1n) is 5.29. The number of carbonyl (C=O) groups excluding carboxylic acids is 1. The predicted octanol–water partition coefficient (Wildman–Crippen LogP) is 2.57. The highest BCUT2D eigenvalue weighted by Crippen LogP contribution is 2.28. The number of carbonyl (C=O) groups is 1. The number of fused-ring (bicyclic) bond motifs is 1. The van der Waals surface area contributed by atoms with Crippen molar-refractivity contribution >= 4 is 23.3 Å². The number of nitrogens with one attached hydrogen (secondary N) is 1. The summed E-state index contributed by atoms with van der Waals surface area (Å²) in [7, 11) is 1.63. The number of amides is 1. The Morgan fingerprint density at radius 3 is 2.76 bits per heavy atom. The van der Waals surface area contributed by atoms with Crippen molar-refractivity contribution in [2.75, 3.05) is 7.11 Å². The third-order valence-electron chi connectivity index (χ3n) is 2.56. The van der Waals surface area contributed by atoms with Gasteiger partial charge in [-0.15, -0.1) is 0 Å². The molecule has 0 heterocycles. The molecule has 1 amide bonds. The number of benzene rings is 2. The van der Waals surface area contributed by atoms with E-state index >= 15 is 0 Å². The van der Waals surface area contributed by atoms with Gasteiger partial charge in [-0.2, -0.15) is 0 Å². The molecule has 0 saturated carbocycles. The lowest BCUT2D eigenvalue weighted by atomic mass is 10.0. The zero-order valence-electron chi connectivity index (χ0n) is 9.51. The minimum Gasteiger partial charge on any atom is -0.496 e. The van der Waals surface area contributed by atoms with E-state index in [0.717, 1.165) is 22.1 Å². The van der Waals surface area contributed by atoms with E-state index in [-0.39, 0.29) is 0 Å². The van der Waals surface area contributed by atoms with E-state index in [1.165, 1.54) is 0 Å². The predicted molar refractivity (Wildman–Crippen MR) is 68.7 cm³/mol. The average Bonchev–Trinajstić information content (AvgIpc) is 2.39. The molecule has 0 aliphatic carbocycles. The molecule has 0 aromatic heterocycles. The van der Waals surface area contributed by atoms with E-state index in [4.69, 9.17) is 4.74 Å². The fraction of sp³-hybridized carbons (Fsp3) is 0.0714. The van der Waals surface area contributed by atoms with Crippen LogP contribution in [0.3, 0.4) is 0 Å². The van der Waals surface area contributed by atoms with Gasteiger partial charge in [0, 0.05) is 11.8 Å². The molecule has 2 aromatic carbocycles. The maximum absolute atomic E-state index is 10.2. The van der Waals surface area contributed by atoms with Gasteiger partial charge in [0.25, 0.3) is 0 Å². The Kier molecular flexibility index (Phi) is 3.40. The summed E-state index contributed by atoms with van der Waals surface area (Å²) >= 11 is 0. The summed E-state index contributed by atoms with van der Waals surface area (Å²) in [5.41, 5.74) is 0.958. The van der Waals surface area contributed by atoms with Crippen molar-refractivity contribution in [2.24, 2.45) is 0 Å². The second kappa shape index (κ2) is 5.16. The lowest BCUT2D eigenvalue weighted by Crippen LogP contribution is -1.98. The standard InChI is InChI=1S/C14H13NO2/c1-17-14-7-6-11-4-2-3-5-12(11)13(14)8-9-15-10-16/h2-10H,1H3,(H,15,16)/b9-8+. The van der Waals surface area contributed by atoms with E-state index in [2.05, 4.69) is 5.32 Å². The number of hydrogen-bond donors (Lipinski definition) is 1. The molecule has 86 valence electrons. The topological polar surface area (TPSA) is 38.3 Å². The highest BCUT2D eigenvalue weighted by Gasteiger charge is 2.04. The van der Waals surface area contributed by atoms with Crippen LogP contribution in [0.1, 0.15) is 5.56 Å². The normalized spacial score (nSPS) is 10.6. The van der Waals surface area contributed by atoms with Gasteiger partial charge in [-0.05, 0) is 22.9 Å². The van der Waals surface area contributed by atoms with Crippen molar-refractivity contribution in [1.82, 2.24) is 5.32 Å². The Labute approximate surface area is 99.7 Å². The van der Waals surface area contributed by atoms with Gasteiger partial charge in [-0.3, -0.25) is 4.79 Å². The van der Waals surface area contributed by atoms with Crippen LogP contribution in [0.5, 0.6) is 5.75 Å². The van der Waals surface area contributed by atoms with Gasteiger partial charge in [0.1, 0.15) is 5.75 Å². The molecule has 2 aromatic rings. The first-order chi connectivity index (χ1) is 8.36. The Balaban J connectivity index is 2.58. The molecule has 3 nitrogen and oxygen atoms in total. The van der Waals surface area contributed by atoms with Crippen molar-refractivity contribution in [3.63, 3.8) is 0 Å². The highest BCUT2D eigenvalue weighted by atomic mass is 16.5. The van der Waals surface area contributed by atoms with E-state index in [1.807, 2.05) is 42.5 Å². The summed E-state index contributed by atoms with van der Waals surface area (Å²) in [5.74, 6) is 0.785. The summed E-state index contributed by atoms with van der Waals surface area (Å²) in [6.07, 6.45) is 4.06. The number of rotatable bonds is 4. The Bertz CT molecular complexity index is 561. The number of ether oxygens (including phenoxy) is 1. The molecule has 0 bridgehead atoms. The molecule has 1 N–H and O–H groups in total. The smallest absolute Gasteiger partial charge is 0.211 e. The lowest BCUT2D eigenvalue weighted by molar-refractivity contribution is -0.108. The Morgan fingerprint density at radius 2 is 2.00 bits per heavy atom. The van der Waals surface area contributed by atoms with E-state index in [1.54, 1.807) is 13.3 Å². The van der Waals surface area contributed by atoms with E-state index in [9.17, 15) is 4.79 Å². The quantitative estimate of drug-likeness (QED) is 0.815. The first kappa shape index (κ1) is 11.2. The third kappa shape index (κ3) is 2.28. The van der Waals surface area contributed by atoms with Crippen LogP contribution in [-0.2, 0) is 4.79 Å². The van der Waals surface area contributed by atoms with Crippen molar-refractivity contribution in [1.29, 1.82) is 0 Å². The monoisotopic (exact) mass is 227 g/mol. The van der Waals surface area contributed by atoms with Gasteiger partial charge in [0.15, 0.2) is 0 Å². The van der Waals surface area contributed by atoms with Crippen molar-refractivity contribution < 1.29 is 9.53 Å². The summed E-state index contributed by atoms with van der Waals surface area (Å²) in [5, 5.41) is 4.73. The summed E-state index contributed by atoms with van der Waals surface area (Å²) in [6.45, 7) is 0. The summed E-state index contributed by atoms with van der Waals surface area (Å²) < 4.78 is 5.32. The average molecular weight is 227 g/mol. The SMILES string of the molecule is COc1ccc2ccccc2c1/C=C/NC=O. The van der Waals surface area contributed by atoms with Gasteiger partial charge >= 0.3 is 0 Å². The third-order valence-corrected chi connectivity index (χ3v) is 2.56. The summed E-state index contributed by atoms with van der Waals surface area (Å²) in [4.78, 5) is 10.2. The van der Waals surface area contributed by atoms with Crippen LogP contribution in [0, 0.1) is 0 Å². The molecule has 0 saturated heterocycles. The van der Waals surface area contributed by atoms with Gasteiger partial charge < -0.3 is 10.1 Å². The second-order valence-corrected chi connectivity index (χ2v) is 3.52. The maximum Gasteiger partial charge on any atom is 0.211 e. The molecular weight excluding hydrogens is 214 g/mol. The van der Waals surface area contributed by atoms with Gasteiger partial charge in [-0.1, -0.05) is 30.3 Å². The van der Waals surface area contributed by atoms with Crippen LogP contribution >= 0.6 is 0 Å². The first-order valence-corrected chi connectivity index (χ1v) is 5.29. The van der Waals surface area contributed by atoms with Crippen molar-refractivity contribution in [3.05, 3.63) is 48.2 Å². The molecule has 0 atom stereocenters. The molecule has 0 unspecified atom stereocenters. The maximum atomic E-state index is 10.2. The Hall–Kier alpha value is -2.29. The van der Waals surface area contributed by atoms with E-state index < -0.39 is 0 Å². The Morgan fingerprint density at radius 1 is 1.18 bits per heavy atom. The second-order valence-electron chi connectivity index (χ2n) is 3.52. The highest BCUT2D eigenvalue weighted by molar-refractivity contribution is 5.93. The van der Waals surface area contributed by atoms with E-state index in [0.29, 0.717) is 6.41 Å². The molecular formula is C14H13NO2. The number of methoxy groups -OCH3 is 1. The van der Waals surface area contributed by atoms with Crippen LogP contribution in [0.2, 0.25) is 0 Å². The molecule has 0 aliphatic heterocycles. The van der Waals surface area contributed by atoms with Crippen molar-refractivity contribution in [2.45, 2.75) is 0 Å². The molecule has 0 aliphatic rings. The minimum absolute atomic E-state index is 0.633. The van der Waals surface area contributed by atoms with Gasteiger partial charge in [-0.25, -0.2) is 0 Å². The number of hydrogen-bond acceptors (Lipinski definition) is 2. The zero-order valence-corrected chi connectivity index (χ0v) is 9.51. The zero-order chi connectivity index (χ0) is 12.1. The molecule has 17 heavy (non-hydrogen) atoms. The van der Waals surface area contributed by atoms with Crippen LogP contribution in [0.25, 0.3) is 16.8 Å². The van der Waals surface area contributed by atoms with Crippen molar-refractivity contribution in [3.8, 4) is 5.75 Å². The molecule has 0 radical (unpaired) electrons. The lowest BCUT2D eigenvalue weighted by Gasteiger charge is -2.08. The molecule has 2 rings (SSSR count). The van der Waals surface area contributed by atoms with Crippen LogP contribution in [-0.4, -0.2) is 13.5 Å². The van der Waals surface area contributed by atoms with Crippen LogP contribution < -0.4 is 10.1 Å².